The number of H-pyrrole nitrogens is 1. The van der Waals surface area contributed by atoms with Crippen molar-refractivity contribution in [1.29, 1.82) is 0 Å². The van der Waals surface area contributed by atoms with Gasteiger partial charge in [0.15, 0.2) is 10.8 Å². The molecule has 0 aliphatic carbocycles. The van der Waals surface area contributed by atoms with Crippen LogP contribution in [0.2, 0.25) is 0 Å². The van der Waals surface area contributed by atoms with Crippen LogP contribution >= 0.6 is 11.8 Å². The van der Waals surface area contributed by atoms with Crippen molar-refractivity contribution in [3.8, 4) is 5.69 Å². The highest BCUT2D eigenvalue weighted by atomic mass is 32.2. The summed E-state index contributed by atoms with van der Waals surface area (Å²) in [6, 6.07) is 12.0. The second-order valence-corrected chi connectivity index (χ2v) is 6.82. The molecule has 0 radical (unpaired) electrons. The maximum absolute atomic E-state index is 13.3. The highest BCUT2D eigenvalue weighted by molar-refractivity contribution is 7.98. The molecule has 10 heteroatoms. The van der Waals surface area contributed by atoms with Crippen molar-refractivity contribution in [2.24, 2.45) is 0 Å². The molecule has 2 aromatic heterocycles. The van der Waals surface area contributed by atoms with Crippen molar-refractivity contribution >= 4 is 28.5 Å². The zero-order valence-corrected chi connectivity index (χ0v) is 15.0. The standard InChI is InChI=1S/C18H12FN5O3S/c19-12-3-1-2-11(8-12)10-28-18-21-16-15(17(25)22-18)9-20-23(16)13-4-6-14(7-5-13)24(26)27/h1-9H,10H2,(H,21,22,25). The molecule has 2 heterocycles. The molecule has 0 amide bonds. The van der Waals surface area contributed by atoms with Crippen LogP contribution < -0.4 is 5.56 Å². The van der Waals surface area contributed by atoms with E-state index in [4.69, 9.17) is 0 Å². The van der Waals surface area contributed by atoms with Crippen LogP contribution in [0.25, 0.3) is 16.7 Å². The number of fused-ring (bicyclic) bond motifs is 1. The summed E-state index contributed by atoms with van der Waals surface area (Å²) in [5.41, 5.74) is 1.24. The average Bonchev–Trinajstić information content (AvgIpc) is 3.11. The van der Waals surface area contributed by atoms with Crippen molar-refractivity contribution in [2.75, 3.05) is 0 Å². The van der Waals surface area contributed by atoms with E-state index in [1.54, 1.807) is 12.1 Å². The van der Waals surface area contributed by atoms with E-state index in [-0.39, 0.29) is 17.1 Å². The largest absolute Gasteiger partial charge is 0.301 e. The van der Waals surface area contributed by atoms with Gasteiger partial charge in [-0.15, -0.1) is 0 Å². The number of thioether (sulfide) groups is 1. The second-order valence-electron chi connectivity index (χ2n) is 5.86. The normalized spacial score (nSPS) is 11.0. The highest BCUT2D eigenvalue weighted by Crippen LogP contribution is 2.22. The molecule has 0 saturated heterocycles. The zero-order valence-electron chi connectivity index (χ0n) is 14.2. The van der Waals surface area contributed by atoms with E-state index >= 15 is 0 Å². The van der Waals surface area contributed by atoms with E-state index in [0.29, 0.717) is 27.6 Å². The van der Waals surface area contributed by atoms with Gasteiger partial charge in [-0.3, -0.25) is 14.9 Å². The number of aromatic nitrogens is 4. The fourth-order valence-electron chi connectivity index (χ4n) is 2.65. The number of benzene rings is 2. The number of nitrogens with one attached hydrogen (secondary N) is 1. The summed E-state index contributed by atoms with van der Waals surface area (Å²) in [6.07, 6.45) is 1.39. The van der Waals surface area contributed by atoms with E-state index in [1.165, 1.54) is 59.0 Å². The fraction of sp³-hybridized carbons (Fsp3) is 0.0556. The number of aromatic amines is 1. The van der Waals surface area contributed by atoms with E-state index in [0.717, 1.165) is 5.56 Å². The lowest BCUT2D eigenvalue weighted by molar-refractivity contribution is -0.384. The van der Waals surface area contributed by atoms with Gasteiger partial charge >= 0.3 is 0 Å². The Balaban J connectivity index is 1.68. The van der Waals surface area contributed by atoms with Crippen LogP contribution in [0, 0.1) is 15.9 Å². The molecule has 0 spiro atoms. The van der Waals surface area contributed by atoms with Crippen molar-refractivity contribution < 1.29 is 9.31 Å². The molecule has 1 N–H and O–H groups in total. The lowest BCUT2D eigenvalue weighted by Gasteiger charge is -2.05. The number of nitro groups is 1. The average molecular weight is 397 g/mol. The molecule has 140 valence electrons. The monoisotopic (exact) mass is 397 g/mol. The van der Waals surface area contributed by atoms with Crippen molar-refractivity contribution in [3.63, 3.8) is 0 Å². The highest BCUT2D eigenvalue weighted by Gasteiger charge is 2.13. The molecule has 0 aliphatic heterocycles. The summed E-state index contributed by atoms with van der Waals surface area (Å²) in [6.45, 7) is 0. The molecular weight excluding hydrogens is 385 g/mol. The van der Waals surface area contributed by atoms with Gasteiger partial charge < -0.3 is 4.98 Å². The first-order valence-electron chi connectivity index (χ1n) is 8.11. The van der Waals surface area contributed by atoms with Gasteiger partial charge in [0.25, 0.3) is 11.2 Å². The quantitative estimate of drug-likeness (QED) is 0.239. The van der Waals surface area contributed by atoms with Crippen LogP contribution in [0.4, 0.5) is 10.1 Å². The minimum absolute atomic E-state index is 0.0441. The summed E-state index contributed by atoms with van der Waals surface area (Å²) < 4.78 is 14.8. The van der Waals surface area contributed by atoms with Crippen LogP contribution in [0.3, 0.4) is 0 Å². The number of hydrogen-bond donors (Lipinski definition) is 1. The summed E-state index contributed by atoms with van der Waals surface area (Å²) in [5.74, 6) is 0.101. The SMILES string of the molecule is O=c1[nH]c(SCc2cccc(F)c2)nc2c1cnn2-c1ccc([N+](=O)[O-])cc1. The summed E-state index contributed by atoms with van der Waals surface area (Å²) in [5, 5.41) is 15.7. The number of nitrogens with zero attached hydrogens (tertiary/aromatic N) is 4. The predicted octanol–water partition coefficient (Wildman–Crippen LogP) is 3.45. The molecule has 0 aliphatic rings. The summed E-state index contributed by atoms with van der Waals surface area (Å²) >= 11 is 1.26. The summed E-state index contributed by atoms with van der Waals surface area (Å²) in [7, 11) is 0. The van der Waals surface area contributed by atoms with E-state index in [1.807, 2.05) is 0 Å². The molecular formula is C18H12FN5O3S. The van der Waals surface area contributed by atoms with Crippen molar-refractivity contribution in [1.82, 2.24) is 19.7 Å². The molecule has 8 nitrogen and oxygen atoms in total. The molecule has 2 aromatic carbocycles. The molecule has 0 fully saturated rings. The molecule has 0 unspecified atom stereocenters. The number of halogens is 1. The Hall–Kier alpha value is -3.53. The van der Waals surface area contributed by atoms with E-state index in [9.17, 15) is 19.3 Å². The molecule has 0 saturated carbocycles. The van der Waals surface area contributed by atoms with Crippen LogP contribution in [-0.4, -0.2) is 24.7 Å². The number of non-ortho nitro benzene ring substituents is 1. The Morgan fingerprint density at radius 3 is 2.71 bits per heavy atom. The minimum Gasteiger partial charge on any atom is -0.301 e. The Bertz CT molecular complexity index is 1240. The minimum atomic E-state index is -0.491. The molecule has 4 rings (SSSR count). The smallest absolute Gasteiger partial charge is 0.269 e. The fourth-order valence-corrected chi connectivity index (χ4v) is 3.45. The lowest BCUT2D eigenvalue weighted by Crippen LogP contribution is -2.09. The Morgan fingerprint density at radius 1 is 1.21 bits per heavy atom. The first kappa shape index (κ1) is 17.9. The summed E-state index contributed by atoms with van der Waals surface area (Å²) in [4.78, 5) is 29.8. The third kappa shape index (κ3) is 3.49. The van der Waals surface area contributed by atoms with Crippen LogP contribution in [-0.2, 0) is 5.75 Å². The van der Waals surface area contributed by atoms with Gasteiger partial charge in [0.05, 0.1) is 16.8 Å². The van der Waals surface area contributed by atoms with Crippen LogP contribution in [0.1, 0.15) is 5.56 Å². The van der Waals surface area contributed by atoms with Crippen molar-refractivity contribution in [3.05, 3.63) is 86.6 Å². The maximum atomic E-state index is 13.3. The Morgan fingerprint density at radius 2 is 2.00 bits per heavy atom. The topological polar surface area (TPSA) is 107 Å². The van der Waals surface area contributed by atoms with Crippen LogP contribution in [0.15, 0.2) is 64.7 Å². The molecule has 0 bridgehead atoms. The van der Waals surface area contributed by atoms with Gasteiger partial charge in [-0.2, -0.15) is 5.10 Å². The molecule has 28 heavy (non-hydrogen) atoms. The Labute approximate surface area is 161 Å². The third-order valence-electron chi connectivity index (χ3n) is 3.99. The first-order chi connectivity index (χ1) is 13.5. The Kier molecular flexibility index (Phi) is 4.62. The third-order valence-corrected chi connectivity index (χ3v) is 4.93. The lowest BCUT2D eigenvalue weighted by atomic mass is 10.2. The molecule has 0 atom stereocenters. The van der Waals surface area contributed by atoms with Gasteiger partial charge in [-0.25, -0.2) is 14.1 Å². The van der Waals surface area contributed by atoms with Gasteiger partial charge in [0, 0.05) is 17.9 Å². The number of rotatable bonds is 5. The number of hydrogen-bond acceptors (Lipinski definition) is 6. The second kappa shape index (κ2) is 7.24. The van der Waals surface area contributed by atoms with Gasteiger partial charge in [0.2, 0.25) is 0 Å². The zero-order chi connectivity index (χ0) is 19.7. The van der Waals surface area contributed by atoms with Gasteiger partial charge in [0.1, 0.15) is 11.2 Å². The van der Waals surface area contributed by atoms with E-state index < -0.39 is 4.92 Å². The maximum Gasteiger partial charge on any atom is 0.269 e. The van der Waals surface area contributed by atoms with E-state index in [2.05, 4.69) is 15.1 Å². The number of nitro benzene ring substituents is 1. The van der Waals surface area contributed by atoms with Crippen molar-refractivity contribution in [2.45, 2.75) is 10.9 Å². The van der Waals surface area contributed by atoms with Crippen LogP contribution in [0.5, 0.6) is 0 Å². The van der Waals surface area contributed by atoms with Gasteiger partial charge in [-0.1, -0.05) is 23.9 Å². The van der Waals surface area contributed by atoms with Gasteiger partial charge in [-0.05, 0) is 29.8 Å². The predicted molar refractivity (Wildman–Crippen MR) is 102 cm³/mol. The molecule has 4 aromatic rings. The first-order valence-corrected chi connectivity index (χ1v) is 9.10.